The van der Waals surface area contributed by atoms with Gasteiger partial charge in [0.25, 0.3) is 0 Å². The van der Waals surface area contributed by atoms with Gasteiger partial charge in [-0.15, -0.1) is 0 Å². The van der Waals surface area contributed by atoms with Crippen molar-refractivity contribution in [3.8, 4) is 5.88 Å². The second kappa shape index (κ2) is 4.47. The van der Waals surface area contributed by atoms with E-state index in [9.17, 15) is 0 Å². The Kier molecular flexibility index (Phi) is 3.04. The molecule has 0 aliphatic heterocycles. The molecule has 0 atom stereocenters. The summed E-state index contributed by atoms with van der Waals surface area (Å²) in [7, 11) is 0. The molecule has 0 unspecified atom stereocenters. The van der Waals surface area contributed by atoms with Crippen LogP contribution in [0.4, 0.5) is 5.82 Å². The molecule has 0 amide bonds. The van der Waals surface area contributed by atoms with Gasteiger partial charge in [0.2, 0.25) is 5.88 Å². The highest BCUT2D eigenvalue weighted by Crippen LogP contribution is 2.30. The van der Waals surface area contributed by atoms with Gasteiger partial charge in [0.15, 0.2) is 0 Å². The Morgan fingerprint density at radius 3 is 2.93 bits per heavy atom. The molecular formula is C11H17N3O. The molecule has 1 aliphatic carbocycles. The summed E-state index contributed by atoms with van der Waals surface area (Å²) in [6.07, 6.45) is 5.94. The zero-order valence-electron chi connectivity index (χ0n) is 9.07. The van der Waals surface area contributed by atoms with Crippen molar-refractivity contribution in [1.29, 1.82) is 0 Å². The number of anilines is 1. The highest BCUT2D eigenvalue weighted by atomic mass is 16.5. The van der Waals surface area contributed by atoms with Crippen LogP contribution in [0.5, 0.6) is 5.88 Å². The third-order valence-electron chi connectivity index (χ3n) is 2.59. The SMILES string of the molecule is CCCc1c(N)ncnc1OCC1CC1. The van der Waals surface area contributed by atoms with Crippen LogP contribution >= 0.6 is 0 Å². The largest absolute Gasteiger partial charge is 0.477 e. The smallest absolute Gasteiger partial charge is 0.221 e. The Balaban J connectivity index is 2.08. The van der Waals surface area contributed by atoms with E-state index in [2.05, 4.69) is 16.9 Å². The Morgan fingerprint density at radius 1 is 1.47 bits per heavy atom. The number of rotatable bonds is 5. The van der Waals surface area contributed by atoms with Gasteiger partial charge in [-0.1, -0.05) is 13.3 Å². The number of nitrogens with two attached hydrogens (primary N) is 1. The van der Waals surface area contributed by atoms with Crippen molar-refractivity contribution in [1.82, 2.24) is 9.97 Å². The molecule has 0 radical (unpaired) electrons. The molecule has 4 nitrogen and oxygen atoms in total. The fraction of sp³-hybridized carbons (Fsp3) is 0.636. The van der Waals surface area contributed by atoms with E-state index in [1.165, 1.54) is 19.2 Å². The Bertz CT molecular complexity index is 337. The van der Waals surface area contributed by atoms with Crippen LogP contribution in [0.2, 0.25) is 0 Å². The van der Waals surface area contributed by atoms with E-state index in [-0.39, 0.29) is 0 Å². The predicted octanol–water partition coefficient (Wildman–Crippen LogP) is 1.80. The summed E-state index contributed by atoms with van der Waals surface area (Å²) in [4.78, 5) is 8.13. The summed E-state index contributed by atoms with van der Waals surface area (Å²) < 4.78 is 5.66. The molecule has 1 heterocycles. The van der Waals surface area contributed by atoms with Gasteiger partial charge in [-0.25, -0.2) is 9.97 Å². The van der Waals surface area contributed by atoms with E-state index in [4.69, 9.17) is 10.5 Å². The summed E-state index contributed by atoms with van der Waals surface area (Å²) in [5, 5.41) is 0. The minimum Gasteiger partial charge on any atom is -0.477 e. The lowest BCUT2D eigenvalue weighted by atomic mass is 10.2. The van der Waals surface area contributed by atoms with Crippen LogP contribution in [0.25, 0.3) is 0 Å². The van der Waals surface area contributed by atoms with Gasteiger partial charge in [-0.3, -0.25) is 0 Å². The topological polar surface area (TPSA) is 61.0 Å². The van der Waals surface area contributed by atoms with Crippen molar-refractivity contribution in [2.24, 2.45) is 5.92 Å². The number of nitrogen functional groups attached to an aromatic ring is 1. The van der Waals surface area contributed by atoms with Crippen LogP contribution in [-0.4, -0.2) is 16.6 Å². The van der Waals surface area contributed by atoms with Gasteiger partial charge < -0.3 is 10.5 Å². The molecule has 0 spiro atoms. The van der Waals surface area contributed by atoms with E-state index in [1.54, 1.807) is 0 Å². The van der Waals surface area contributed by atoms with Crippen molar-refractivity contribution < 1.29 is 4.74 Å². The van der Waals surface area contributed by atoms with Gasteiger partial charge in [0, 0.05) is 0 Å². The predicted molar refractivity (Wildman–Crippen MR) is 58.7 cm³/mol. The van der Waals surface area contributed by atoms with E-state index in [0.717, 1.165) is 30.9 Å². The van der Waals surface area contributed by atoms with Crippen LogP contribution in [0, 0.1) is 5.92 Å². The van der Waals surface area contributed by atoms with E-state index in [1.807, 2.05) is 0 Å². The highest BCUT2D eigenvalue weighted by Gasteiger charge is 2.23. The van der Waals surface area contributed by atoms with Crippen LogP contribution < -0.4 is 10.5 Å². The maximum Gasteiger partial charge on any atom is 0.221 e. The second-order valence-corrected chi connectivity index (χ2v) is 4.05. The molecule has 15 heavy (non-hydrogen) atoms. The summed E-state index contributed by atoms with van der Waals surface area (Å²) >= 11 is 0. The third-order valence-corrected chi connectivity index (χ3v) is 2.59. The van der Waals surface area contributed by atoms with Crippen molar-refractivity contribution in [2.45, 2.75) is 32.6 Å². The van der Waals surface area contributed by atoms with Crippen LogP contribution in [0.15, 0.2) is 6.33 Å². The molecule has 1 aliphatic rings. The lowest BCUT2D eigenvalue weighted by Gasteiger charge is -2.10. The zero-order valence-corrected chi connectivity index (χ0v) is 9.07. The fourth-order valence-corrected chi connectivity index (χ4v) is 1.50. The summed E-state index contributed by atoms with van der Waals surface area (Å²) in [5.74, 6) is 1.96. The van der Waals surface area contributed by atoms with Gasteiger partial charge in [-0.2, -0.15) is 0 Å². The average Bonchev–Trinajstić information content (AvgIpc) is 3.03. The maximum absolute atomic E-state index is 5.80. The summed E-state index contributed by atoms with van der Waals surface area (Å²) in [6.45, 7) is 2.88. The monoisotopic (exact) mass is 207 g/mol. The van der Waals surface area contributed by atoms with Gasteiger partial charge in [0.05, 0.1) is 12.2 Å². The van der Waals surface area contributed by atoms with Crippen LogP contribution in [0.3, 0.4) is 0 Å². The highest BCUT2D eigenvalue weighted by molar-refractivity contribution is 5.44. The van der Waals surface area contributed by atoms with Crippen molar-refractivity contribution in [2.75, 3.05) is 12.3 Å². The minimum absolute atomic E-state index is 0.553. The van der Waals surface area contributed by atoms with Crippen molar-refractivity contribution >= 4 is 5.82 Å². The molecule has 1 saturated carbocycles. The number of nitrogens with zero attached hydrogens (tertiary/aromatic N) is 2. The molecule has 1 aromatic heterocycles. The lowest BCUT2D eigenvalue weighted by molar-refractivity contribution is 0.285. The van der Waals surface area contributed by atoms with Crippen molar-refractivity contribution in [3.63, 3.8) is 0 Å². The molecule has 1 fully saturated rings. The first-order chi connectivity index (χ1) is 7.31. The number of hydrogen-bond donors (Lipinski definition) is 1. The first kappa shape index (κ1) is 10.2. The van der Waals surface area contributed by atoms with E-state index in [0.29, 0.717) is 11.7 Å². The molecule has 0 bridgehead atoms. The minimum atomic E-state index is 0.553. The molecular weight excluding hydrogens is 190 g/mol. The van der Waals surface area contributed by atoms with Crippen LogP contribution in [-0.2, 0) is 6.42 Å². The first-order valence-corrected chi connectivity index (χ1v) is 5.53. The molecule has 2 N–H and O–H groups in total. The molecule has 0 saturated heterocycles. The molecule has 1 aromatic rings. The van der Waals surface area contributed by atoms with E-state index < -0.39 is 0 Å². The molecule has 0 aromatic carbocycles. The Hall–Kier alpha value is -1.32. The Labute approximate surface area is 89.9 Å². The fourth-order valence-electron chi connectivity index (χ4n) is 1.50. The van der Waals surface area contributed by atoms with Gasteiger partial charge in [-0.05, 0) is 25.2 Å². The zero-order chi connectivity index (χ0) is 10.7. The van der Waals surface area contributed by atoms with E-state index >= 15 is 0 Å². The van der Waals surface area contributed by atoms with Gasteiger partial charge in [0.1, 0.15) is 12.1 Å². The molecule has 2 rings (SSSR count). The molecule has 82 valence electrons. The number of ether oxygens (including phenoxy) is 1. The maximum atomic E-state index is 5.80. The second-order valence-electron chi connectivity index (χ2n) is 4.05. The third kappa shape index (κ3) is 2.58. The van der Waals surface area contributed by atoms with Crippen LogP contribution in [0.1, 0.15) is 31.7 Å². The Morgan fingerprint density at radius 2 is 2.27 bits per heavy atom. The van der Waals surface area contributed by atoms with Crippen molar-refractivity contribution in [3.05, 3.63) is 11.9 Å². The molecule has 4 heteroatoms. The quantitative estimate of drug-likeness (QED) is 0.799. The standard InChI is InChI=1S/C11H17N3O/c1-2-3-9-10(12)13-7-14-11(9)15-6-8-4-5-8/h7-8H,2-6H2,1H3,(H2,12,13,14). The summed E-state index contributed by atoms with van der Waals surface area (Å²) in [6, 6.07) is 0. The average molecular weight is 207 g/mol. The number of aromatic nitrogens is 2. The normalized spacial score (nSPS) is 15.3. The first-order valence-electron chi connectivity index (χ1n) is 5.53. The van der Waals surface area contributed by atoms with Gasteiger partial charge >= 0.3 is 0 Å². The summed E-state index contributed by atoms with van der Waals surface area (Å²) in [5.41, 5.74) is 6.76. The lowest BCUT2D eigenvalue weighted by Crippen LogP contribution is -2.07. The number of hydrogen-bond acceptors (Lipinski definition) is 4.